The lowest BCUT2D eigenvalue weighted by Crippen LogP contribution is -2.37. The summed E-state index contributed by atoms with van der Waals surface area (Å²) in [4.78, 5) is 0. The molecule has 162 valence electrons. The quantitative estimate of drug-likeness (QED) is 0.208. The van der Waals surface area contributed by atoms with Gasteiger partial charge in [0.2, 0.25) is 0 Å². The van der Waals surface area contributed by atoms with Gasteiger partial charge < -0.3 is 14.0 Å². The number of hydrogen-bond acceptors (Lipinski definition) is 3. The Morgan fingerprint density at radius 1 is 0.387 bits per heavy atom. The molecule has 0 saturated carbocycles. The molecule has 13 heteroatoms. The third-order valence-corrected chi connectivity index (χ3v) is 7.50. The molecule has 0 heterocycles. The Morgan fingerprint density at radius 2 is 0.645 bits per heavy atom. The van der Waals surface area contributed by atoms with Crippen molar-refractivity contribution in [3.05, 3.63) is 81.6 Å². The highest BCUT2D eigenvalue weighted by molar-refractivity contribution is 6.51. The monoisotopic (exact) mass is 596 g/mol. The summed E-state index contributed by atoms with van der Waals surface area (Å²) in [5, 5.41) is 1.05. The Bertz CT molecular complexity index is 1000. The molecule has 0 atom stereocenters. The second kappa shape index (κ2) is 10.8. The summed E-state index contributed by atoms with van der Waals surface area (Å²) in [5.74, 6) is 0.315. The van der Waals surface area contributed by atoms with Crippen LogP contribution in [0.25, 0.3) is 0 Å². The SMILES string of the molecule is Clc1ccc(OB(Oc2ccc(Cl)c(Cl)c2Cl)Oc2ccc(Cl)c(Cl)c2Cl)c(Cl)c1Cl. The largest absolute Gasteiger partial charge is 0.864 e. The Hall–Kier alpha value is -0.265. The van der Waals surface area contributed by atoms with Crippen LogP contribution in [0, 0.1) is 0 Å². The van der Waals surface area contributed by atoms with Crippen molar-refractivity contribution in [3.63, 3.8) is 0 Å². The normalized spacial score (nSPS) is 10.7. The molecule has 0 radical (unpaired) electrons. The standard InChI is InChI=1S/C18H6BCl9O3/c20-7-1-4-10(16(26)13(7)23)29-19(30-11-5-2-8(21)14(24)17(11)27)31-12-6-3-9(22)15(25)18(12)28/h1-6H. The molecule has 0 spiro atoms. The zero-order valence-corrected chi connectivity index (χ0v) is 21.5. The fourth-order valence-electron chi connectivity index (χ4n) is 2.18. The molecule has 0 fully saturated rings. The van der Waals surface area contributed by atoms with Gasteiger partial charge in [0.1, 0.15) is 32.3 Å². The molecule has 0 saturated heterocycles. The number of halogens is 9. The Labute approximate surface area is 223 Å². The van der Waals surface area contributed by atoms with E-state index in [2.05, 4.69) is 0 Å². The van der Waals surface area contributed by atoms with Gasteiger partial charge in [-0.05, 0) is 36.4 Å². The van der Waals surface area contributed by atoms with Crippen LogP contribution in [0.3, 0.4) is 0 Å². The van der Waals surface area contributed by atoms with Crippen LogP contribution < -0.4 is 14.0 Å². The van der Waals surface area contributed by atoms with Gasteiger partial charge in [-0.25, -0.2) is 0 Å². The lowest BCUT2D eigenvalue weighted by Gasteiger charge is -2.19. The van der Waals surface area contributed by atoms with Gasteiger partial charge in [-0.3, -0.25) is 0 Å². The third-order valence-electron chi connectivity index (χ3n) is 3.67. The molecule has 0 aliphatic heterocycles. The lowest BCUT2D eigenvalue weighted by atomic mass is 10.2. The first-order valence-electron chi connectivity index (χ1n) is 8.00. The average molecular weight is 600 g/mol. The van der Waals surface area contributed by atoms with Crippen molar-refractivity contribution in [2.24, 2.45) is 0 Å². The highest BCUT2D eigenvalue weighted by atomic mass is 35.5. The Morgan fingerprint density at radius 3 is 0.903 bits per heavy atom. The van der Waals surface area contributed by atoms with Crippen molar-refractivity contribution in [1.82, 2.24) is 0 Å². The van der Waals surface area contributed by atoms with E-state index in [-0.39, 0.29) is 62.5 Å². The van der Waals surface area contributed by atoms with Gasteiger partial charge >= 0.3 is 7.32 Å². The van der Waals surface area contributed by atoms with E-state index in [0.717, 1.165) is 0 Å². The summed E-state index contributed by atoms with van der Waals surface area (Å²) in [5.41, 5.74) is 0. The maximum absolute atomic E-state index is 6.22. The topological polar surface area (TPSA) is 27.7 Å². The summed E-state index contributed by atoms with van der Waals surface area (Å²) in [7, 11) is -1.47. The molecule has 31 heavy (non-hydrogen) atoms. The maximum atomic E-state index is 6.22. The molecular formula is C18H6BCl9O3. The highest BCUT2D eigenvalue weighted by Gasteiger charge is 2.34. The molecule has 3 rings (SSSR count). The minimum absolute atomic E-state index is 0.0341. The summed E-state index contributed by atoms with van der Waals surface area (Å²) in [6, 6.07) is 8.89. The van der Waals surface area contributed by atoms with Crippen molar-refractivity contribution in [1.29, 1.82) is 0 Å². The van der Waals surface area contributed by atoms with Crippen molar-refractivity contribution in [2.75, 3.05) is 0 Å². The van der Waals surface area contributed by atoms with Crippen LogP contribution in [0.5, 0.6) is 17.2 Å². The van der Waals surface area contributed by atoms with Crippen molar-refractivity contribution in [3.8, 4) is 17.2 Å². The van der Waals surface area contributed by atoms with E-state index in [1.807, 2.05) is 0 Å². The van der Waals surface area contributed by atoms with E-state index in [1.165, 1.54) is 36.4 Å². The van der Waals surface area contributed by atoms with Crippen LogP contribution in [-0.4, -0.2) is 7.32 Å². The first-order chi connectivity index (χ1) is 14.6. The number of hydrogen-bond donors (Lipinski definition) is 0. The van der Waals surface area contributed by atoms with Gasteiger partial charge in [-0.15, -0.1) is 0 Å². The minimum Gasteiger partial charge on any atom is -0.488 e. The van der Waals surface area contributed by atoms with Crippen LogP contribution in [0.2, 0.25) is 45.2 Å². The molecule has 0 aromatic heterocycles. The maximum Gasteiger partial charge on any atom is 0.864 e. The van der Waals surface area contributed by atoms with Crippen LogP contribution >= 0.6 is 104 Å². The van der Waals surface area contributed by atoms with E-state index in [4.69, 9.17) is 118 Å². The molecule has 3 aromatic carbocycles. The lowest BCUT2D eigenvalue weighted by molar-refractivity contribution is 0.307. The predicted octanol–water partition coefficient (Wildman–Crippen LogP) is 10.1. The number of benzene rings is 3. The fourth-order valence-corrected chi connectivity index (χ4v) is 3.89. The van der Waals surface area contributed by atoms with Gasteiger partial charge in [-0.2, -0.15) is 0 Å². The smallest absolute Gasteiger partial charge is 0.488 e. The van der Waals surface area contributed by atoms with Gasteiger partial charge in [0.15, 0.2) is 0 Å². The molecule has 3 aromatic rings. The minimum atomic E-state index is -1.47. The van der Waals surface area contributed by atoms with E-state index < -0.39 is 7.32 Å². The third kappa shape index (κ3) is 5.81. The van der Waals surface area contributed by atoms with Crippen LogP contribution in [0.1, 0.15) is 0 Å². The first-order valence-corrected chi connectivity index (χ1v) is 11.4. The van der Waals surface area contributed by atoms with E-state index in [1.54, 1.807) is 0 Å². The molecule has 0 amide bonds. The van der Waals surface area contributed by atoms with Gasteiger partial charge in [0, 0.05) is 0 Å². The van der Waals surface area contributed by atoms with Gasteiger partial charge in [-0.1, -0.05) is 104 Å². The predicted molar refractivity (Wildman–Crippen MR) is 132 cm³/mol. The number of rotatable bonds is 6. The molecule has 3 nitrogen and oxygen atoms in total. The molecule has 0 unspecified atom stereocenters. The highest BCUT2D eigenvalue weighted by Crippen LogP contribution is 2.41. The molecule has 0 N–H and O–H groups in total. The van der Waals surface area contributed by atoms with E-state index in [0.29, 0.717) is 0 Å². The average Bonchev–Trinajstić information content (AvgIpc) is 2.74. The second-order valence-electron chi connectivity index (χ2n) is 5.66. The summed E-state index contributed by atoms with van der Waals surface area (Å²) in [6.45, 7) is 0. The van der Waals surface area contributed by atoms with Crippen LogP contribution in [0.4, 0.5) is 0 Å². The summed E-state index contributed by atoms with van der Waals surface area (Å²) < 4.78 is 17.3. The fraction of sp³-hybridized carbons (Fsp3) is 0. The van der Waals surface area contributed by atoms with E-state index >= 15 is 0 Å². The molecule has 0 bridgehead atoms. The molecule has 0 aliphatic carbocycles. The summed E-state index contributed by atoms with van der Waals surface area (Å²) in [6.07, 6.45) is 0. The van der Waals surface area contributed by atoms with Crippen LogP contribution in [0.15, 0.2) is 36.4 Å². The van der Waals surface area contributed by atoms with Crippen molar-refractivity contribution >= 4 is 112 Å². The van der Waals surface area contributed by atoms with Crippen molar-refractivity contribution < 1.29 is 14.0 Å². The van der Waals surface area contributed by atoms with Crippen molar-refractivity contribution in [2.45, 2.75) is 0 Å². The second-order valence-corrected chi connectivity index (χ2v) is 9.15. The molecule has 0 aliphatic rings. The van der Waals surface area contributed by atoms with Gasteiger partial charge in [0.05, 0.1) is 30.1 Å². The first kappa shape index (κ1) is 25.4. The zero-order valence-electron chi connectivity index (χ0n) is 14.7. The van der Waals surface area contributed by atoms with Crippen LogP contribution in [-0.2, 0) is 0 Å². The zero-order chi connectivity index (χ0) is 22.9. The Balaban J connectivity index is 1.99. The summed E-state index contributed by atoms with van der Waals surface area (Å²) >= 11 is 54.8. The Kier molecular flexibility index (Phi) is 8.81. The van der Waals surface area contributed by atoms with Gasteiger partial charge in [0.25, 0.3) is 0 Å². The van der Waals surface area contributed by atoms with E-state index in [9.17, 15) is 0 Å². The molecular weight excluding hydrogens is 594 g/mol.